The predicted octanol–water partition coefficient (Wildman–Crippen LogP) is 1.84. The van der Waals surface area contributed by atoms with Crippen molar-refractivity contribution in [2.45, 2.75) is 31.1 Å². The molecule has 1 atom stereocenters. The van der Waals surface area contributed by atoms with Gasteiger partial charge in [-0.3, -0.25) is 0 Å². The van der Waals surface area contributed by atoms with Gasteiger partial charge in [0.25, 0.3) is 0 Å². The SMILES string of the molecule is CCC1CCCN(S(=O)(=O)c2cccc(C#CCO)c2)C1. The number of hydrogen-bond donors (Lipinski definition) is 1. The molecule has 0 aromatic heterocycles. The number of benzene rings is 1. The van der Waals surface area contributed by atoms with E-state index in [1.165, 1.54) is 0 Å². The van der Waals surface area contributed by atoms with Crippen molar-refractivity contribution in [2.75, 3.05) is 19.7 Å². The van der Waals surface area contributed by atoms with Gasteiger partial charge in [0.05, 0.1) is 4.90 Å². The first-order valence-corrected chi connectivity index (χ1v) is 8.72. The molecule has 1 N–H and O–H groups in total. The number of rotatable bonds is 3. The summed E-state index contributed by atoms with van der Waals surface area (Å²) in [4.78, 5) is 0.281. The Labute approximate surface area is 126 Å². The van der Waals surface area contributed by atoms with E-state index in [9.17, 15) is 8.42 Å². The molecule has 0 saturated carbocycles. The van der Waals surface area contributed by atoms with Crippen LogP contribution in [0.5, 0.6) is 0 Å². The first-order valence-electron chi connectivity index (χ1n) is 7.28. The van der Waals surface area contributed by atoms with Crippen molar-refractivity contribution in [1.29, 1.82) is 0 Å². The minimum Gasteiger partial charge on any atom is -0.384 e. The van der Waals surface area contributed by atoms with Gasteiger partial charge in [-0.2, -0.15) is 4.31 Å². The monoisotopic (exact) mass is 307 g/mol. The van der Waals surface area contributed by atoms with E-state index in [4.69, 9.17) is 5.11 Å². The third-order valence-corrected chi connectivity index (χ3v) is 5.70. The minimum absolute atomic E-state index is 0.235. The van der Waals surface area contributed by atoms with Crippen LogP contribution in [0.1, 0.15) is 31.7 Å². The van der Waals surface area contributed by atoms with E-state index in [1.54, 1.807) is 28.6 Å². The maximum Gasteiger partial charge on any atom is 0.243 e. The van der Waals surface area contributed by atoms with Crippen LogP contribution in [-0.4, -0.2) is 37.5 Å². The van der Waals surface area contributed by atoms with E-state index in [2.05, 4.69) is 18.8 Å². The van der Waals surface area contributed by atoms with Crippen molar-refractivity contribution < 1.29 is 13.5 Å². The van der Waals surface area contributed by atoms with Gasteiger partial charge in [0.1, 0.15) is 6.61 Å². The summed E-state index contributed by atoms with van der Waals surface area (Å²) < 4.78 is 27.0. The number of nitrogens with zero attached hydrogens (tertiary/aromatic N) is 1. The summed E-state index contributed by atoms with van der Waals surface area (Å²) in [7, 11) is -3.45. The molecular weight excluding hydrogens is 286 g/mol. The van der Waals surface area contributed by atoms with Gasteiger partial charge in [0, 0.05) is 18.7 Å². The van der Waals surface area contributed by atoms with Gasteiger partial charge < -0.3 is 5.11 Å². The van der Waals surface area contributed by atoms with Crippen LogP contribution >= 0.6 is 0 Å². The fraction of sp³-hybridized carbons (Fsp3) is 0.500. The Kier molecular flexibility index (Phi) is 5.40. The Bertz CT molecular complexity index is 643. The van der Waals surface area contributed by atoms with Gasteiger partial charge in [-0.15, -0.1) is 0 Å². The number of aliphatic hydroxyl groups excluding tert-OH is 1. The second-order valence-corrected chi connectivity index (χ2v) is 7.21. The highest BCUT2D eigenvalue weighted by atomic mass is 32.2. The number of hydrogen-bond acceptors (Lipinski definition) is 3. The number of aliphatic hydroxyl groups is 1. The summed E-state index contributed by atoms with van der Waals surface area (Å²) in [5, 5.41) is 8.72. The molecule has 1 saturated heterocycles. The van der Waals surface area contributed by atoms with E-state index < -0.39 is 10.0 Å². The fourth-order valence-corrected chi connectivity index (χ4v) is 4.20. The highest BCUT2D eigenvalue weighted by Crippen LogP contribution is 2.25. The van der Waals surface area contributed by atoms with Crippen molar-refractivity contribution in [3.8, 4) is 11.8 Å². The van der Waals surface area contributed by atoms with E-state index >= 15 is 0 Å². The van der Waals surface area contributed by atoms with Crippen molar-refractivity contribution >= 4 is 10.0 Å². The highest BCUT2D eigenvalue weighted by molar-refractivity contribution is 7.89. The van der Waals surface area contributed by atoms with Gasteiger partial charge >= 0.3 is 0 Å². The lowest BCUT2D eigenvalue weighted by Gasteiger charge is -2.31. The maximum atomic E-state index is 12.7. The smallest absolute Gasteiger partial charge is 0.243 e. The first-order chi connectivity index (χ1) is 10.1. The Balaban J connectivity index is 2.26. The summed E-state index contributed by atoms with van der Waals surface area (Å²) >= 11 is 0. The Hall–Kier alpha value is -1.35. The molecule has 0 amide bonds. The van der Waals surface area contributed by atoms with E-state index in [0.717, 1.165) is 19.3 Å². The zero-order valence-electron chi connectivity index (χ0n) is 12.2. The second kappa shape index (κ2) is 7.08. The van der Waals surface area contributed by atoms with Crippen LogP contribution in [0.4, 0.5) is 0 Å². The molecule has 0 spiro atoms. The van der Waals surface area contributed by atoms with Crippen LogP contribution in [0.15, 0.2) is 29.2 Å². The molecule has 1 aromatic carbocycles. The molecule has 0 bridgehead atoms. The van der Waals surface area contributed by atoms with Crippen molar-refractivity contribution in [1.82, 2.24) is 4.31 Å². The van der Waals surface area contributed by atoms with Crippen LogP contribution in [-0.2, 0) is 10.0 Å². The number of piperidine rings is 1. The van der Waals surface area contributed by atoms with Gasteiger partial charge in [-0.25, -0.2) is 8.42 Å². The van der Waals surface area contributed by atoms with E-state index in [-0.39, 0.29) is 11.5 Å². The Morgan fingerprint density at radius 2 is 2.24 bits per heavy atom. The van der Waals surface area contributed by atoms with Crippen molar-refractivity contribution in [3.63, 3.8) is 0 Å². The minimum atomic E-state index is -3.45. The topological polar surface area (TPSA) is 57.6 Å². The zero-order valence-corrected chi connectivity index (χ0v) is 13.1. The maximum absolute atomic E-state index is 12.7. The molecule has 0 radical (unpaired) electrons. The van der Waals surface area contributed by atoms with E-state index in [0.29, 0.717) is 24.6 Å². The molecule has 1 heterocycles. The summed E-state index contributed by atoms with van der Waals surface area (Å²) in [6.45, 7) is 3.06. The molecule has 2 rings (SSSR count). The Morgan fingerprint density at radius 1 is 1.43 bits per heavy atom. The van der Waals surface area contributed by atoms with Crippen LogP contribution in [0.25, 0.3) is 0 Å². The van der Waals surface area contributed by atoms with Gasteiger partial charge in [0.15, 0.2) is 0 Å². The second-order valence-electron chi connectivity index (χ2n) is 5.27. The van der Waals surface area contributed by atoms with Crippen molar-refractivity contribution in [2.24, 2.45) is 5.92 Å². The standard InChI is InChI=1S/C16H21NO3S/c1-2-14-7-4-10-17(13-14)21(19,20)16-9-3-6-15(12-16)8-5-11-18/h3,6,9,12,14,18H,2,4,7,10-11,13H2,1H3. The Morgan fingerprint density at radius 3 is 2.95 bits per heavy atom. The third kappa shape index (κ3) is 3.85. The molecule has 1 aliphatic rings. The lowest BCUT2D eigenvalue weighted by molar-refractivity contribution is 0.261. The molecule has 1 fully saturated rings. The van der Waals surface area contributed by atoms with Gasteiger partial charge in [0.2, 0.25) is 10.0 Å². The molecule has 114 valence electrons. The molecule has 1 aromatic rings. The highest BCUT2D eigenvalue weighted by Gasteiger charge is 2.29. The average molecular weight is 307 g/mol. The summed E-state index contributed by atoms with van der Waals surface area (Å²) in [5.74, 6) is 5.73. The molecule has 5 heteroatoms. The van der Waals surface area contributed by atoms with Crippen molar-refractivity contribution in [3.05, 3.63) is 29.8 Å². The average Bonchev–Trinajstić information content (AvgIpc) is 2.53. The van der Waals surface area contributed by atoms with Crippen LogP contribution in [0.3, 0.4) is 0 Å². The summed E-state index contributed by atoms with van der Waals surface area (Å²) in [5.41, 5.74) is 0.606. The van der Waals surface area contributed by atoms with Crippen LogP contribution in [0.2, 0.25) is 0 Å². The zero-order chi connectivity index (χ0) is 15.3. The third-order valence-electron chi connectivity index (χ3n) is 3.84. The van der Waals surface area contributed by atoms with Gasteiger partial charge in [-0.05, 0) is 37.0 Å². The normalized spacial score (nSPS) is 19.8. The summed E-state index contributed by atoms with van der Waals surface area (Å²) in [6.07, 6.45) is 3.03. The molecule has 1 unspecified atom stereocenters. The largest absolute Gasteiger partial charge is 0.384 e. The number of sulfonamides is 1. The molecule has 21 heavy (non-hydrogen) atoms. The predicted molar refractivity (Wildman–Crippen MR) is 82.2 cm³/mol. The fourth-order valence-electron chi connectivity index (χ4n) is 2.60. The molecule has 4 nitrogen and oxygen atoms in total. The molecular formula is C16H21NO3S. The molecule has 0 aliphatic carbocycles. The van der Waals surface area contributed by atoms with E-state index in [1.807, 2.05) is 0 Å². The lowest BCUT2D eigenvalue weighted by Crippen LogP contribution is -2.39. The van der Waals surface area contributed by atoms with Crippen LogP contribution in [0, 0.1) is 17.8 Å². The van der Waals surface area contributed by atoms with Gasteiger partial charge in [-0.1, -0.05) is 31.3 Å². The quantitative estimate of drug-likeness (QED) is 0.867. The lowest BCUT2D eigenvalue weighted by atomic mass is 9.97. The first kappa shape index (κ1) is 16.0. The molecule has 1 aliphatic heterocycles. The summed E-state index contributed by atoms with van der Waals surface area (Å²) in [6, 6.07) is 6.62. The van der Waals surface area contributed by atoms with Crippen LogP contribution < -0.4 is 0 Å².